The maximum atomic E-state index is 10.5. The second kappa shape index (κ2) is 5.43. The predicted octanol–water partition coefficient (Wildman–Crippen LogP) is 2.39. The summed E-state index contributed by atoms with van der Waals surface area (Å²) >= 11 is 0. The molecule has 1 rings (SSSR count). The molecule has 14 heavy (non-hydrogen) atoms. The minimum Gasteiger partial charge on any atom is -0.496 e. The van der Waals surface area contributed by atoms with Crippen molar-refractivity contribution in [1.29, 1.82) is 0 Å². The van der Waals surface area contributed by atoms with Crippen LogP contribution in [-0.4, -0.2) is 13.4 Å². The van der Waals surface area contributed by atoms with Gasteiger partial charge in [0.05, 0.1) is 7.11 Å². The summed E-state index contributed by atoms with van der Waals surface area (Å²) in [4.78, 5) is 10.5. The minimum absolute atomic E-state index is 0.431. The third-order valence-electron chi connectivity index (χ3n) is 2.19. The van der Waals surface area contributed by atoms with Crippen LogP contribution in [0.3, 0.4) is 0 Å². The van der Waals surface area contributed by atoms with E-state index in [-0.39, 0.29) is 0 Å². The molecule has 1 aromatic carbocycles. The van der Waals surface area contributed by atoms with Crippen LogP contribution in [0.5, 0.6) is 5.75 Å². The number of benzene rings is 1. The van der Waals surface area contributed by atoms with Crippen LogP contribution in [0.1, 0.15) is 24.5 Å². The van der Waals surface area contributed by atoms with E-state index in [0.717, 1.165) is 30.4 Å². The van der Waals surface area contributed by atoms with Crippen molar-refractivity contribution < 1.29 is 9.53 Å². The average molecular weight is 192 g/mol. The SMILES string of the molecule is CCCc1ccc(OC)c(CC=O)c1. The quantitative estimate of drug-likeness (QED) is 0.669. The molecule has 0 fully saturated rings. The number of carbonyl (C=O) groups excluding carboxylic acids is 1. The van der Waals surface area contributed by atoms with Crippen molar-refractivity contribution in [2.24, 2.45) is 0 Å². The van der Waals surface area contributed by atoms with Gasteiger partial charge in [-0.05, 0) is 18.1 Å². The van der Waals surface area contributed by atoms with E-state index in [1.165, 1.54) is 5.56 Å². The molecule has 0 aromatic heterocycles. The Morgan fingerprint density at radius 3 is 2.79 bits per heavy atom. The molecule has 2 nitrogen and oxygen atoms in total. The number of carbonyl (C=O) groups is 1. The Morgan fingerprint density at radius 1 is 1.43 bits per heavy atom. The van der Waals surface area contributed by atoms with E-state index >= 15 is 0 Å². The third-order valence-corrected chi connectivity index (χ3v) is 2.19. The highest BCUT2D eigenvalue weighted by Gasteiger charge is 2.03. The van der Waals surface area contributed by atoms with Gasteiger partial charge in [0.2, 0.25) is 0 Å². The van der Waals surface area contributed by atoms with Gasteiger partial charge in [-0.1, -0.05) is 25.5 Å². The first-order valence-corrected chi connectivity index (χ1v) is 4.91. The lowest BCUT2D eigenvalue weighted by molar-refractivity contribution is -0.107. The summed E-state index contributed by atoms with van der Waals surface area (Å²) in [5.41, 5.74) is 2.25. The van der Waals surface area contributed by atoms with Crippen LogP contribution in [-0.2, 0) is 17.6 Å². The van der Waals surface area contributed by atoms with Gasteiger partial charge in [-0.2, -0.15) is 0 Å². The number of hydrogen-bond donors (Lipinski definition) is 0. The molecule has 0 aliphatic carbocycles. The van der Waals surface area contributed by atoms with Crippen LogP contribution in [0, 0.1) is 0 Å². The smallest absolute Gasteiger partial charge is 0.124 e. The molecule has 0 amide bonds. The minimum atomic E-state index is 0.431. The Balaban J connectivity index is 2.94. The molecule has 0 atom stereocenters. The van der Waals surface area contributed by atoms with Gasteiger partial charge in [-0.3, -0.25) is 0 Å². The van der Waals surface area contributed by atoms with E-state index in [9.17, 15) is 4.79 Å². The zero-order chi connectivity index (χ0) is 10.4. The first-order chi connectivity index (χ1) is 6.81. The summed E-state index contributed by atoms with van der Waals surface area (Å²) in [5, 5.41) is 0. The summed E-state index contributed by atoms with van der Waals surface area (Å²) in [6.07, 6.45) is 3.51. The molecule has 0 unspecified atom stereocenters. The number of aldehydes is 1. The summed E-state index contributed by atoms with van der Waals surface area (Å²) in [6.45, 7) is 2.14. The molecule has 0 saturated heterocycles. The lowest BCUT2D eigenvalue weighted by atomic mass is 10.0. The predicted molar refractivity (Wildman–Crippen MR) is 56.8 cm³/mol. The normalized spacial score (nSPS) is 9.86. The van der Waals surface area contributed by atoms with Crippen molar-refractivity contribution in [1.82, 2.24) is 0 Å². The number of methoxy groups -OCH3 is 1. The van der Waals surface area contributed by atoms with Crippen molar-refractivity contribution in [3.8, 4) is 5.75 Å². The zero-order valence-corrected chi connectivity index (χ0v) is 8.75. The van der Waals surface area contributed by atoms with Crippen molar-refractivity contribution in [3.63, 3.8) is 0 Å². The fourth-order valence-corrected chi connectivity index (χ4v) is 1.53. The maximum Gasteiger partial charge on any atom is 0.124 e. The molecule has 0 aliphatic rings. The van der Waals surface area contributed by atoms with Crippen LogP contribution >= 0.6 is 0 Å². The Hall–Kier alpha value is -1.31. The first-order valence-electron chi connectivity index (χ1n) is 4.91. The third kappa shape index (κ3) is 2.59. The highest BCUT2D eigenvalue weighted by molar-refractivity contribution is 5.58. The second-order valence-electron chi connectivity index (χ2n) is 3.27. The fourth-order valence-electron chi connectivity index (χ4n) is 1.53. The van der Waals surface area contributed by atoms with Gasteiger partial charge in [-0.25, -0.2) is 0 Å². The van der Waals surface area contributed by atoms with Crippen LogP contribution in [0.4, 0.5) is 0 Å². The molecule has 0 bridgehead atoms. The standard InChI is InChI=1S/C12H16O2/c1-3-4-10-5-6-12(14-2)11(9-10)7-8-13/h5-6,8-9H,3-4,7H2,1-2H3. The molecule has 0 heterocycles. The number of rotatable bonds is 5. The molecular weight excluding hydrogens is 176 g/mol. The Labute approximate surface area is 84.9 Å². The van der Waals surface area contributed by atoms with Crippen molar-refractivity contribution in [2.75, 3.05) is 7.11 Å². The van der Waals surface area contributed by atoms with E-state index in [0.29, 0.717) is 6.42 Å². The van der Waals surface area contributed by atoms with E-state index < -0.39 is 0 Å². The lowest BCUT2D eigenvalue weighted by Gasteiger charge is -2.07. The molecule has 1 aromatic rings. The summed E-state index contributed by atoms with van der Waals surface area (Å²) < 4.78 is 5.17. The Bertz CT molecular complexity index is 305. The summed E-state index contributed by atoms with van der Waals surface area (Å²) in [5.74, 6) is 0.803. The van der Waals surface area contributed by atoms with Crippen LogP contribution in [0.2, 0.25) is 0 Å². The molecule has 0 saturated carbocycles. The molecule has 76 valence electrons. The molecule has 0 aliphatic heterocycles. The van der Waals surface area contributed by atoms with E-state index in [4.69, 9.17) is 4.74 Å². The number of aryl methyl sites for hydroxylation is 1. The second-order valence-corrected chi connectivity index (χ2v) is 3.27. The Kier molecular flexibility index (Phi) is 4.17. The lowest BCUT2D eigenvalue weighted by Crippen LogP contribution is -1.95. The van der Waals surface area contributed by atoms with Gasteiger partial charge in [0, 0.05) is 12.0 Å². The number of ether oxygens (including phenoxy) is 1. The molecule has 0 spiro atoms. The van der Waals surface area contributed by atoms with Crippen molar-refractivity contribution >= 4 is 6.29 Å². The molecule has 0 radical (unpaired) electrons. The largest absolute Gasteiger partial charge is 0.496 e. The van der Waals surface area contributed by atoms with Gasteiger partial charge in [0.1, 0.15) is 12.0 Å². The van der Waals surface area contributed by atoms with E-state index in [1.807, 2.05) is 6.07 Å². The maximum absolute atomic E-state index is 10.5. The number of hydrogen-bond acceptors (Lipinski definition) is 2. The summed E-state index contributed by atoms with van der Waals surface area (Å²) in [6, 6.07) is 6.04. The topological polar surface area (TPSA) is 26.3 Å². The highest BCUT2D eigenvalue weighted by atomic mass is 16.5. The van der Waals surface area contributed by atoms with Crippen LogP contribution < -0.4 is 4.74 Å². The van der Waals surface area contributed by atoms with Gasteiger partial charge in [0.15, 0.2) is 0 Å². The Morgan fingerprint density at radius 2 is 2.21 bits per heavy atom. The summed E-state index contributed by atoms with van der Waals surface area (Å²) in [7, 11) is 1.63. The van der Waals surface area contributed by atoms with Crippen molar-refractivity contribution in [3.05, 3.63) is 29.3 Å². The average Bonchev–Trinajstić information content (AvgIpc) is 2.19. The van der Waals surface area contributed by atoms with Crippen LogP contribution in [0.25, 0.3) is 0 Å². The van der Waals surface area contributed by atoms with Gasteiger partial charge in [0.25, 0.3) is 0 Å². The molecule has 0 N–H and O–H groups in total. The molecular formula is C12H16O2. The zero-order valence-electron chi connectivity index (χ0n) is 8.75. The fraction of sp³-hybridized carbons (Fsp3) is 0.417. The van der Waals surface area contributed by atoms with E-state index in [2.05, 4.69) is 19.1 Å². The monoisotopic (exact) mass is 192 g/mol. The van der Waals surface area contributed by atoms with Gasteiger partial charge < -0.3 is 9.53 Å². The highest BCUT2D eigenvalue weighted by Crippen LogP contribution is 2.20. The van der Waals surface area contributed by atoms with E-state index in [1.54, 1.807) is 7.11 Å². The van der Waals surface area contributed by atoms with Crippen LogP contribution in [0.15, 0.2) is 18.2 Å². The molecule has 2 heteroatoms. The van der Waals surface area contributed by atoms with Gasteiger partial charge >= 0.3 is 0 Å². The van der Waals surface area contributed by atoms with Gasteiger partial charge in [-0.15, -0.1) is 0 Å². The first kappa shape index (κ1) is 10.8. The van der Waals surface area contributed by atoms with Crippen molar-refractivity contribution in [2.45, 2.75) is 26.2 Å².